The van der Waals surface area contributed by atoms with E-state index >= 15 is 0 Å². The van der Waals surface area contributed by atoms with Crippen LogP contribution < -0.4 is 5.73 Å². The molecule has 4 nitrogen and oxygen atoms in total. The van der Waals surface area contributed by atoms with Gasteiger partial charge in [0.15, 0.2) is 0 Å². The van der Waals surface area contributed by atoms with Crippen molar-refractivity contribution in [2.75, 3.05) is 0 Å². The van der Waals surface area contributed by atoms with Gasteiger partial charge < -0.3 is 5.11 Å². The van der Waals surface area contributed by atoms with Crippen LogP contribution in [0.25, 0.3) is 0 Å². The van der Waals surface area contributed by atoms with Gasteiger partial charge in [0, 0.05) is 0 Å². The van der Waals surface area contributed by atoms with Gasteiger partial charge in [0.25, 0.3) is 0 Å². The van der Waals surface area contributed by atoms with Crippen molar-refractivity contribution in [1.29, 1.82) is 0 Å². The molecule has 7 heavy (non-hydrogen) atoms. The summed E-state index contributed by atoms with van der Waals surface area (Å²) in [5, 5.41) is 8.50. The second kappa shape index (κ2) is 1.16. The Balaban J connectivity index is 2.43. The quantitative estimate of drug-likeness (QED) is 0.385. The lowest BCUT2D eigenvalue weighted by Crippen LogP contribution is -2.60. The average Bonchev–Trinajstić information content (AvgIpc) is 1.63. The zero-order valence-electron chi connectivity index (χ0n) is 3.92. The Bertz CT molecular complexity index is 82.2. The molecule has 0 radical (unpaired) electrons. The third-order valence-electron chi connectivity index (χ3n) is 0.809. The fourth-order valence-corrected chi connectivity index (χ4v) is 0.243. The van der Waals surface area contributed by atoms with Crippen molar-refractivity contribution in [3.63, 3.8) is 0 Å². The molecule has 1 aliphatic rings. The molecule has 0 aromatic carbocycles. The highest BCUT2D eigenvalue weighted by atomic mass is 17.3. The summed E-state index contributed by atoms with van der Waals surface area (Å²) in [4.78, 5) is 8.33. The normalized spacial score (nSPS) is 51.0. The Hall–Kier alpha value is -0.160. The maximum absolute atomic E-state index is 8.50. The number of nitrogens with two attached hydrogens (primary N) is 1. The molecule has 0 aromatic rings. The molecule has 2 atom stereocenters. The molecule has 0 saturated carbocycles. The van der Waals surface area contributed by atoms with E-state index in [9.17, 15) is 0 Å². The number of hydrogen-bond donors (Lipinski definition) is 2. The van der Waals surface area contributed by atoms with Gasteiger partial charge in [-0.2, -0.15) is 4.89 Å². The molecule has 1 heterocycles. The highest BCUT2D eigenvalue weighted by Gasteiger charge is 2.42. The summed E-state index contributed by atoms with van der Waals surface area (Å²) < 4.78 is 0. The molecule has 1 saturated heterocycles. The summed E-state index contributed by atoms with van der Waals surface area (Å²) >= 11 is 0. The smallest absolute Gasteiger partial charge is 0.234 e. The van der Waals surface area contributed by atoms with Gasteiger partial charge in [0.05, 0.1) is 0 Å². The molecule has 0 aromatic heterocycles. The number of aliphatic hydroxyl groups is 1. The second-order valence-electron chi connectivity index (χ2n) is 1.72. The third-order valence-corrected chi connectivity index (χ3v) is 0.809. The van der Waals surface area contributed by atoms with Crippen LogP contribution in [0, 0.1) is 0 Å². The zero-order valence-corrected chi connectivity index (χ0v) is 3.92. The Morgan fingerprint density at radius 3 is 2.29 bits per heavy atom. The van der Waals surface area contributed by atoms with E-state index in [2.05, 4.69) is 9.78 Å². The van der Waals surface area contributed by atoms with E-state index in [-0.39, 0.29) is 0 Å². The first kappa shape index (κ1) is 4.99. The zero-order chi connectivity index (χ0) is 5.49. The molecule has 4 heteroatoms. The van der Waals surface area contributed by atoms with Crippen molar-refractivity contribution in [1.82, 2.24) is 0 Å². The van der Waals surface area contributed by atoms with E-state index in [1.807, 2.05) is 0 Å². The summed E-state index contributed by atoms with van der Waals surface area (Å²) in [7, 11) is 0. The first-order valence-corrected chi connectivity index (χ1v) is 1.94. The molecular formula is C3H7NO3. The predicted molar refractivity (Wildman–Crippen MR) is 20.8 cm³/mol. The van der Waals surface area contributed by atoms with E-state index in [1.54, 1.807) is 0 Å². The Morgan fingerprint density at radius 2 is 2.29 bits per heavy atom. The summed E-state index contributed by atoms with van der Waals surface area (Å²) in [5.74, 6) is 0. The SMILES string of the molecule is CC1(N)OOC1O. The van der Waals surface area contributed by atoms with Gasteiger partial charge in [0.1, 0.15) is 0 Å². The van der Waals surface area contributed by atoms with Crippen LogP contribution in [0.15, 0.2) is 0 Å². The highest BCUT2D eigenvalue weighted by molar-refractivity contribution is 4.71. The van der Waals surface area contributed by atoms with E-state index < -0.39 is 12.0 Å². The lowest BCUT2D eigenvalue weighted by atomic mass is 10.2. The number of hydrogen-bond acceptors (Lipinski definition) is 4. The Kier molecular flexibility index (Phi) is 0.829. The van der Waals surface area contributed by atoms with Gasteiger partial charge >= 0.3 is 0 Å². The number of rotatable bonds is 0. The third kappa shape index (κ3) is 0.614. The molecular weight excluding hydrogens is 98.0 g/mol. The van der Waals surface area contributed by atoms with Crippen molar-refractivity contribution in [2.24, 2.45) is 5.73 Å². The summed E-state index contributed by atoms with van der Waals surface area (Å²) in [6.45, 7) is 1.53. The van der Waals surface area contributed by atoms with E-state index in [0.717, 1.165) is 0 Å². The maximum atomic E-state index is 8.50. The van der Waals surface area contributed by atoms with Crippen LogP contribution in [0.1, 0.15) is 6.92 Å². The lowest BCUT2D eigenvalue weighted by molar-refractivity contribution is -0.549. The van der Waals surface area contributed by atoms with Crippen LogP contribution in [0.4, 0.5) is 0 Å². The van der Waals surface area contributed by atoms with Crippen LogP contribution in [-0.4, -0.2) is 17.1 Å². The second-order valence-corrected chi connectivity index (χ2v) is 1.72. The number of aliphatic hydroxyl groups excluding tert-OH is 1. The molecule has 0 amide bonds. The van der Waals surface area contributed by atoms with Crippen molar-refractivity contribution in [2.45, 2.75) is 18.9 Å². The predicted octanol–water partition coefficient (Wildman–Crippen LogP) is -1.06. The maximum Gasteiger partial charge on any atom is 0.234 e. The molecule has 1 aliphatic heterocycles. The van der Waals surface area contributed by atoms with Gasteiger partial charge in [-0.1, -0.05) is 0 Å². The monoisotopic (exact) mass is 105 g/mol. The first-order chi connectivity index (χ1) is 3.13. The molecule has 2 unspecified atom stereocenters. The van der Waals surface area contributed by atoms with Crippen molar-refractivity contribution in [3.8, 4) is 0 Å². The van der Waals surface area contributed by atoms with Crippen LogP contribution in [0.3, 0.4) is 0 Å². The minimum absolute atomic E-state index is 0.965. The molecule has 0 aliphatic carbocycles. The van der Waals surface area contributed by atoms with Gasteiger partial charge in [0.2, 0.25) is 12.0 Å². The molecule has 1 rings (SSSR count). The van der Waals surface area contributed by atoms with Crippen LogP contribution in [-0.2, 0) is 9.78 Å². The van der Waals surface area contributed by atoms with Crippen LogP contribution in [0.2, 0.25) is 0 Å². The van der Waals surface area contributed by atoms with Gasteiger partial charge in [-0.3, -0.25) is 5.73 Å². The fraction of sp³-hybridized carbons (Fsp3) is 1.00. The minimum Gasteiger partial charge on any atom is -0.362 e. The summed E-state index contributed by atoms with van der Waals surface area (Å²) in [5.41, 5.74) is 4.18. The Morgan fingerprint density at radius 1 is 1.86 bits per heavy atom. The van der Waals surface area contributed by atoms with Crippen LogP contribution >= 0.6 is 0 Å². The summed E-state index contributed by atoms with van der Waals surface area (Å²) in [6.07, 6.45) is -0.965. The largest absolute Gasteiger partial charge is 0.362 e. The molecule has 3 N–H and O–H groups in total. The average molecular weight is 105 g/mol. The topological polar surface area (TPSA) is 64.7 Å². The van der Waals surface area contributed by atoms with E-state index in [4.69, 9.17) is 10.8 Å². The molecule has 0 bridgehead atoms. The Labute approximate surface area is 40.8 Å². The highest BCUT2D eigenvalue weighted by Crippen LogP contribution is 2.20. The minimum atomic E-state index is -0.986. The van der Waals surface area contributed by atoms with Gasteiger partial charge in [-0.05, 0) is 6.92 Å². The van der Waals surface area contributed by atoms with Crippen molar-refractivity contribution >= 4 is 0 Å². The van der Waals surface area contributed by atoms with E-state index in [1.165, 1.54) is 6.92 Å². The van der Waals surface area contributed by atoms with Gasteiger partial charge in [-0.15, -0.1) is 0 Å². The molecule has 1 fully saturated rings. The molecule has 0 spiro atoms. The van der Waals surface area contributed by atoms with Gasteiger partial charge in [-0.25, -0.2) is 4.89 Å². The first-order valence-electron chi connectivity index (χ1n) is 1.94. The van der Waals surface area contributed by atoms with Crippen LogP contribution in [0.5, 0.6) is 0 Å². The van der Waals surface area contributed by atoms with E-state index in [0.29, 0.717) is 0 Å². The van der Waals surface area contributed by atoms with Crippen molar-refractivity contribution in [3.05, 3.63) is 0 Å². The lowest BCUT2D eigenvalue weighted by Gasteiger charge is -2.36. The fourth-order valence-electron chi connectivity index (χ4n) is 0.243. The van der Waals surface area contributed by atoms with Crippen molar-refractivity contribution < 1.29 is 14.9 Å². The molecule has 42 valence electrons. The standard InChI is InChI=1S/C3H7NO3/c1-3(4)2(5)6-7-3/h2,5H,4H2,1H3. The summed E-state index contributed by atoms with van der Waals surface area (Å²) in [6, 6.07) is 0.